The Morgan fingerprint density at radius 2 is 2.16 bits per heavy atom. The van der Waals surface area contributed by atoms with E-state index in [1.54, 1.807) is 29.3 Å². The average molecular weight is 341 g/mol. The summed E-state index contributed by atoms with van der Waals surface area (Å²) in [7, 11) is 0. The van der Waals surface area contributed by atoms with Crippen LogP contribution in [-0.2, 0) is 13.1 Å². The first-order chi connectivity index (χ1) is 9.13. The molecule has 1 aromatic heterocycles. The Balaban J connectivity index is 1.85. The van der Waals surface area contributed by atoms with Gasteiger partial charge >= 0.3 is 0 Å². The highest BCUT2D eigenvalue weighted by molar-refractivity contribution is 9.10. The fraction of sp³-hybridized carbons (Fsp3) is 0.231. The van der Waals surface area contributed by atoms with Crippen LogP contribution in [0.2, 0.25) is 5.02 Å². The summed E-state index contributed by atoms with van der Waals surface area (Å²) in [5.41, 5.74) is 0.597. The number of imidazole rings is 1. The van der Waals surface area contributed by atoms with Gasteiger partial charge in [-0.3, -0.25) is 4.79 Å². The van der Waals surface area contributed by atoms with Crippen molar-refractivity contribution < 1.29 is 4.79 Å². The van der Waals surface area contributed by atoms with Crippen LogP contribution < -0.4 is 0 Å². The zero-order valence-corrected chi connectivity index (χ0v) is 12.4. The zero-order valence-electron chi connectivity index (χ0n) is 10.0. The van der Waals surface area contributed by atoms with E-state index in [-0.39, 0.29) is 5.91 Å². The second-order valence-electron chi connectivity index (χ2n) is 4.42. The predicted molar refractivity (Wildman–Crippen MR) is 76.1 cm³/mol. The van der Waals surface area contributed by atoms with E-state index in [0.29, 0.717) is 23.7 Å². The molecule has 1 aliphatic rings. The van der Waals surface area contributed by atoms with Crippen LogP contribution in [0.5, 0.6) is 0 Å². The molecular weight excluding hydrogens is 330 g/mol. The van der Waals surface area contributed by atoms with Crippen molar-refractivity contribution in [3.05, 3.63) is 51.5 Å². The number of aromatic nitrogens is 2. The van der Waals surface area contributed by atoms with Gasteiger partial charge in [0.2, 0.25) is 0 Å². The number of amides is 1. The second kappa shape index (κ2) is 4.98. The van der Waals surface area contributed by atoms with Crippen molar-refractivity contribution in [2.45, 2.75) is 13.1 Å². The fourth-order valence-electron chi connectivity index (χ4n) is 2.21. The molecule has 0 aliphatic carbocycles. The molecule has 0 bridgehead atoms. The number of rotatable bonds is 1. The van der Waals surface area contributed by atoms with E-state index < -0.39 is 0 Å². The van der Waals surface area contributed by atoms with Crippen LogP contribution in [0.1, 0.15) is 16.2 Å². The van der Waals surface area contributed by atoms with Gasteiger partial charge in [-0.1, -0.05) is 27.5 Å². The summed E-state index contributed by atoms with van der Waals surface area (Å²) in [6.45, 7) is 2.01. The third-order valence-corrected chi connectivity index (χ3v) is 3.82. The molecule has 4 nitrogen and oxygen atoms in total. The smallest absolute Gasteiger partial charge is 0.254 e. The second-order valence-corrected chi connectivity index (χ2v) is 5.77. The number of nitrogens with zero attached hydrogens (tertiary/aromatic N) is 3. The largest absolute Gasteiger partial charge is 0.332 e. The van der Waals surface area contributed by atoms with Crippen LogP contribution in [0.3, 0.4) is 0 Å². The van der Waals surface area contributed by atoms with E-state index in [9.17, 15) is 4.79 Å². The molecule has 0 fully saturated rings. The minimum Gasteiger partial charge on any atom is -0.332 e. The highest BCUT2D eigenvalue weighted by atomic mass is 79.9. The van der Waals surface area contributed by atoms with Crippen LogP contribution in [-0.4, -0.2) is 26.9 Å². The summed E-state index contributed by atoms with van der Waals surface area (Å²) in [6, 6.07) is 5.24. The number of carbonyl (C=O) groups excluding carboxylic acids is 1. The Kier molecular flexibility index (Phi) is 3.33. The van der Waals surface area contributed by atoms with E-state index in [2.05, 4.69) is 25.5 Å². The van der Waals surface area contributed by atoms with Gasteiger partial charge in [-0.15, -0.1) is 0 Å². The summed E-state index contributed by atoms with van der Waals surface area (Å²) in [6.07, 6.45) is 3.70. The lowest BCUT2D eigenvalue weighted by Crippen LogP contribution is -2.38. The monoisotopic (exact) mass is 339 g/mol. The lowest BCUT2D eigenvalue weighted by atomic mass is 10.2. The third-order valence-electron chi connectivity index (χ3n) is 3.14. The highest BCUT2D eigenvalue weighted by Crippen LogP contribution is 2.22. The maximum Gasteiger partial charge on any atom is 0.254 e. The Hall–Kier alpha value is -1.33. The third kappa shape index (κ3) is 2.53. The van der Waals surface area contributed by atoms with Gasteiger partial charge in [0.15, 0.2) is 0 Å². The van der Waals surface area contributed by atoms with Crippen LogP contribution in [0.15, 0.2) is 35.1 Å². The summed E-state index contributed by atoms with van der Waals surface area (Å²) in [5, 5.41) is 0.552. The van der Waals surface area contributed by atoms with E-state index in [1.807, 2.05) is 6.20 Å². The van der Waals surface area contributed by atoms with Crippen molar-refractivity contribution in [3.63, 3.8) is 0 Å². The van der Waals surface area contributed by atoms with Crippen molar-refractivity contribution in [3.8, 4) is 0 Å². The fourth-order valence-corrected chi connectivity index (χ4v) is 3.07. The molecule has 0 saturated heterocycles. The summed E-state index contributed by atoms with van der Waals surface area (Å²) >= 11 is 9.33. The van der Waals surface area contributed by atoms with E-state index in [0.717, 1.165) is 16.8 Å². The maximum absolute atomic E-state index is 12.4. The average Bonchev–Trinajstić information content (AvgIpc) is 2.83. The number of benzene rings is 1. The number of fused-ring (bicyclic) bond motifs is 1. The molecule has 6 heteroatoms. The standard InChI is InChI=1S/C13H11BrClN3O/c14-10-5-9(6-11(15)7-10)13(19)18-4-3-17-2-1-16-12(17)8-18/h1-2,5-7H,3-4,8H2. The molecule has 0 spiro atoms. The van der Waals surface area contributed by atoms with Crippen molar-refractivity contribution in [2.24, 2.45) is 0 Å². The first kappa shape index (κ1) is 12.7. The van der Waals surface area contributed by atoms with E-state index in [1.165, 1.54) is 0 Å². The van der Waals surface area contributed by atoms with Crippen molar-refractivity contribution in [2.75, 3.05) is 6.54 Å². The Morgan fingerprint density at radius 1 is 1.32 bits per heavy atom. The SMILES string of the molecule is O=C(c1cc(Cl)cc(Br)c1)N1CCn2ccnc2C1. The first-order valence-electron chi connectivity index (χ1n) is 5.89. The molecule has 0 radical (unpaired) electrons. The topological polar surface area (TPSA) is 38.1 Å². The van der Waals surface area contributed by atoms with Crippen molar-refractivity contribution in [1.82, 2.24) is 14.5 Å². The quantitative estimate of drug-likeness (QED) is 0.800. The summed E-state index contributed by atoms with van der Waals surface area (Å²) < 4.78 is 2.87. The van der Waals surface area contributed by atoms with Gasteiger partial charge in [-0.05, 0) is 18.2 Å². The predicted octanol–water partition coefficient (Wildman–Crippen LogP) is 2.96. The summed E-state index contributed by atoms with van der Waals surface area (Å²) in [4.78, 5) is 18.5. The molecule has 98 valence electrons. The highest BCUT2D eigenvalue weighted by Gasteiger charge is 2.22. The molecule has 1 aliphatic heterocycles. The first-order valence-corrected chi connectivity index (χ1v) is 7.06. The van der Waals surface area contributed by atoms with Crippen molar-refractivity contribution in [1.29, 1.82) is 0 Å². The number of hydrogen-bond donors (Lipinski definition) is 0. The van der Waals surface area contributed by atoms with Gasteiger partial charge in [0.1, 0.15) is 5.82 Å². The zero-order chi connectivity index (χ0) is 13.4. The lowest BCUT2D eigenvalue weighted by molar-refractivity contribution is 0.0707. The van der Waals surface area contributed by atoms with Crippen LogP contribution in [0.25, 0.3) is 0 Å². The molecule has 0 unspecified atom stereocenters. The molecule has 2 aromatic rings. The maximum atomic E-state index is 12.4. The Bertz CT molecular complexity index is 620. The Labute approximate surface area is 124 Å². The molecule has 2 heterocycles. The van der Waals surface area contributed by atoms with Gasteiger partial charge in [0.25, 0.3) is 5.91 Å². The lowest BCUT2D eigenvalue weighted by Gasteiger charge is -2.27. The van der Waals surface area contributed by atoms with Gasteiger partial charge in [0, 0.05) is 40.5 Å². The molecule has 1 aromatic carbocycles. The minimum atomic E-state index is -0.0162. The number of hydrogen-bond acceptors (Lipinski definition) is 2. The van der Waals surface area contributed by atoms with Gasteiger partial charge in [0.05, 0.1) is 6.54 Å². The number of carbonyl (C=O) groups is 1. The molecule has 19 heavy (non-hydrogen) atoms. The molecule has 0 saturated carbocycles. The van der Waals surface area contributed by atoms with Gasteiger partial charge in [-0.2, -0.15) is 0 Å². The summed E-state index contributed by atoms with van der Waals surface area (Å²) in [5.74, 6) is 0.901. The van der Waals surface area contributed by atoms with Crippen LogP contribution >= 0.6 is 27.5 Å². The number of halogens is 2. The van der Waals surface area contributed by atoms with Crippen LogP contribution in [0.4, 0.5) is 0 Å². The van der Waals surface area contributed by atoms with Crippen LogP contribution in [0, 0.1) is 0 Å². The van der Waals surface area contributed by atoms with E-state index >= 15 is 0 Å². The molecule has 3 rings (SSSR count). The molecule has 1 amide bonds. The van der Waals surface area contributed by atoms with E-state index in [4.69, 9.17) is 11.6 Å². The molecule has 0 atom stereocenters. The normalized spacial score (nSPS) is 14.3. The Morgan fingerprint density at radius 3 is 2.95 bits per heavy atom. The van der Waals surface area contributed by atoms with Gasteiger partial charge < -0.3 is 9.47 Å². The molecule has 0 N–H and O–H groups in total. The van der Waals surface area contributed by atoms with Crippen molar-refractivity contribution >= 4 is 33.4 Å². The van der Waals surface area contributed by atoms with Gasteiger partial charge in [-0.25, -0.2) is 4.98 Å². The minimum absolute atomic E-state index is 0.0162. The molecular formula is C13H11BrClN3O.